The molecule has 0 aliphatic heterocycles. The summed E-state index contributed by atoms with van der Waals surface area (Å²) in [5.41, 5.74) is 0.429. The van der Waals surface area contributed by atoms with Gasteiger partial charge in [0.2, 0.25) is 0 Å². The quantitative estimate of drug-likeness (QED) is 0.847. The van der Waals surface area contributed by atoms with Crippen molar-refractivity contribution in [2.24, 2.45) is 7.05 Å². The Balaban J connectivity index is 2.36. The van der Waals surface area contributed by atoms with Crippen LogP contribution in [0.1, 0.15) is 5.69 Å². The second-order valence-electron chi connectivity index (χ2n) is 3.24. The standard InChI is InChI=1S/C8H10N4O3S/c1-6-7(5-12(2)9-6)16(13,14)11-8-3-4-15-10-8/h3-5H,1-2H3,(H,10,11). The van der Waals surface area contributed by atoms with E-state index in [0.717, 1.165) is 0 Å². The van der Waals surface area contributed by atoms with Gasteiger partial charge in [-0.05, 0) is 6.92 Å². The predicted octanol–water partition coefficient (Wildman–Crippen LogP) is 0.517. The van der Waals surface area contributed by atoms with Crippen LogP contribution < -0.4 is 4.72 Å². The predicted molar refractivity (Wildman–Crippen MR) is 55.3 cm³/mol. The average Bonchev–Trinajstić information content (AvgIpc) is 2.75. The van der Waals surface area contributed by atoms with Gasteiger partial charge in [-0.25, -0.2) is 8.42 Å². The zero-order chi connectivity index (χ0) is 11.8. The Morgan fingerprint density at radius 3 is 2.75 bits per heavy atom. The summed E-state index contributed by atoms with van der Waals surface area (Å²) < 4.78 is 32.0. The lowest BCUT2D eigenvalue weighted by molar-refractivity contribution is 0.423. The highest BCUT2D eigenvalue weighted by atomic mass is 32.2. The summed E-state index contributed by atoms with van der Waals surface area (Å²) in [6.45, 7) is 1.62. The molecular formula is C8H10N4O3S. The highest BCUT2D eigenvalue weighted by molar-refractivity contribution is 7.92. The van der Waals surface area contributed by atoms with E-state index in [9.17, 15) is 8.42 Å². The molecule has 0 saturated heterocycles. The Labute approximate surface area is 92.1 Å². The molecule has 2 aromatic rings. The van der Waals surface area contributed by atoms with Gasteiger partial charge in [0, 0.05) is 19.3 Å². The van der Waals surface area contributed by atoms with Gasteiger partial charge >= 0.3 is 0 Å². The lowest BCUT2D eigenvalue weighted by Crippen LogP contribution is -2.13. The molecule has 0 aliphatic rings. The van der Waals surface area contributed by atoms with Crippen LogP contribution in [-0.2, 0) is 17.1 Å². The highest BCUT2D eigenvalue weighted by Gasteiger charge is 2.20. The topological polar surface area (TPSA) is 90.0 Å². The summed E-state index contributed by atoms with van der Waals surface area (Å²) in [4.78, 5) is 0.123. The Morgan fingerprint density at radius 2 is 2.25 bits per heavy atom. The zero-order valence-electron chi connectivity index (χ0n) is 8.71. The van der Waals surface area contributed by atoms with Crippen molar-refractivity contribution in [1.82, 2.24) is 14.9 Å². The smallest absolute Gasteiger partial charge is 0.266 e. The van der Waals surface area contributed by atoms with Crippen molar-refractivity contribution in [3.63, 3.8) is 0 Å². The van der Waals surface area contributed by atoms with Gasteiger partial charge in [-0.1, -0.05) is 5.16 Å². The van der Waals surface area contributed by atoms with Crippen molar-refractivity contribution in [2.45, 2.75) is 11.8 Å². The number of nitrogens with zero attached hydrogens (tertiary/aromatic N) is 3. The third kappa shape index (κ3) is 1.91. The molecule has 2 heterocycles. The highest BCUT2D eigenvalue weighted by Crippen LogP contribution is 2.16. The molecule has 2 rings (SSSR count). The minimum atomic E-state index is -3.65. The first-order valence-corrected chi connectivity index (χ1v) is 5.91. The molecule has 0 unspecified atom stereocenters. The molecule has 86 valence electrons. The monoisotopic (exact) mass is 242 g/mol. The van der Waals surface area contributed by atoms with Crippen LogP contribution in [0.25, 0.3) is 0 Å². The van der Waals surface area contributed by atoms with E-state index in [2.05, 4.69) is 19.5 Å². The van der Waals surface area contributed by atoms with E-state index >= 15 is 0 Å². The summed E-state index contributed by atoms with van der Waals surface area (Å²) in [6, 6.07) is 1.42. The molecule has 0 amide bonds. The van der Waals surface area contributed by atoms with Gasteiger partial charge in [-0.3, -0.25) is 9.40 Å². The average molecular weight is 242 g/mol. The molecule has 16 heavy (non-hydrogen) atoms. The second-order valence-corrected chi connectivity index (χ2v) is 4.89. The molecule has 0 aliphatic carbocycles. The van der Waals surface area contributed by atoms with Crippen LogP contribution in [0.5, 0.6) is 0 Å². The van der Waals surface area contributed by atoms with Crippen LogP contribution in [0.15, 0.2) is 27.9 Å². The first kappa shape index (κ1) is 10.7. The number of hydrogen-bond donors (Lipinski definition) is 1. The van der Waals surface area contributed by atoms with Crippen molar-refractivity contribution in [1.29, 1.82) is 0 Å². The van der Waals surface area contributed by atoms with Gasteiger partial charge in [-0.2, -0.15) is 5.10 Å². The fraction of sp³-hybridized carbons (Fsp3) is 0.250. The van der Waals surface area contributed by atoms with E-state index in [-0.39, 0.29) is 10.7 Å². The van der Waals surface area contributed by atoms with Crippen molar-refractivity contribution in [3.8, 4) is 0 Å². The van der Waals surface area contributed by atoms with Gasteiger partial charge in [-0.15, -0.1) is 0 Å². The Hall–Kier alpha value is -1.83. The van der Waals surface area contributed by atoms with Crippen molar-refractivity contribution < 1.29 is 12.9 Å². The van der Waals surface area contributed by atoms with Gasteiger partial charge < -0.3 is 4.52 Å². The van der Waals surface area contributed by atoms with Crippen LogP contribution in [-0.4, -0.2) is 23.4 Å². The lowest BCUT2D eigenvalue weighted by Gasteiger charge is -2.02. The summed E-state index contributed by atoms with van der Waals surface area (Å²) >= 11 is 0. The van der Waals surface area contributed by atoms with Crippen LogP contribution in [0.2, 0.25) is 0 Å². The Kier molecular flexibility index (Phi) is 2.43. The van der Waals surface area contributed by atoms with E-state index in [1.54, 1.807) is 14.0 Å². The first-order chi connectivity index (χ1) is 7.49. The van der Waals surface area contributed by atoms with Crippen LogP contribution in [0.4, 0.5) is 5.82 Å². The zero-order valence-corrected chi connectivity index (χ0v) is 9.52. The molecule has 0 atom stereocenters. The SMILES string of the molecule is Cc1nn(C)cc1S(=O)(=O)Nc1ccon1. The summed E-state index contributed by atoms with van der Waals surface area (Å²) in [5, 5.41) is 7.43. The third-order valence-electron chi connectivity index (χ3n) is 1.93. The molecule has 0 bridgehead atoms. The fourth-order valence-corrected chi connectivity index (χ4v) is 2.51. The lowest BCUT2D eigenvalue weighted by atomic mass is 10.5. The normalized spacial score (nSPS) is 11.6. The molecule has 0 fully saturated rings. The van der Waals surface area contributed by atoms with Crippen LogP contribution >= 0.6 is 0 Å². The van der Waals surface area contributed by atoms with Crippen molar-refractivity contribution in [3.05, 3.63) is 24.2 Å². The minimum absolute atomic E-state index is 0.123. The number of anilines is 1. The summed E-state index contributed by atoms with van der Waals surface area (Å²) in [6.07, 6.45) is 2.71. The third-order valence-corrected chi connectivity index (χ3v) is 3.39. The van der Waals surface area contributed by atoms with E-state index in [0.29, 0.717) is 5.69 Å². The van der Waals surface area contributed by atoms with Gasteiger partial charge in [0.05, 0.1) is 5.69 Å². The number of aromatic nitrogens is 3. The van der Waals surface area contributed by atoms with Gasteiger partial charge in [0.1, 0.15) is 11.2 Å². The molecule has 0 aromatic carbocycles. The second kappa shape index (κ2) is 3.63. The number of hydrogen-bond acceptors (Lipinski definition) is 5. The number of nitrogens with one attached hydrogen (secondary N) is 1. The van der Waals surface area contributed by atoms with Crippen LogP contribution in [0, 0.1) is 6.92 Å². The molecular weight excluding hydrogens is 232 g/mol. The molecule has 8 heteroatoms. The molecule has 0 radical (unpaired) electrons. The van der Waals surface area contributed by atoms with E-state index in [1.165, 1.54) is 23.2 Å². The number of aryl methyl sites for hydroxylation is 2. The van der Waals surface area contributed by atoms with Crippen molar-refractivity contribution >= 4 is 15.8 Å². The Morgan fingerprint density at radius 1 is 1.50 bits per heavy atom. The Bertz CT molecular complexity index is 585. The summed E-state index contributed by atoms with van der Waals surface area (Å²) in [5.74, 6) is 0.142. The molecule has 0 spiro atoms. The molecule has 1 N–H and O–H groups in total. The van der Waals surface area contributed by atoms with Crippen molar-refractivity contribution in [2.75, 3.05) is 4.72 Å². The van der Waals surface area contributed by atoms with Gasteiger partial charge in [0.25, 0.3) is 10.0 Å². The fourth-order valence-electron chi connectivity index (χ4n) is 1.30. The molecule has 0 saturated carbocycles. The number of rotatable bonds is 3. The molecule has 2 aromatic heterocycles. The maximum absolute atomic E-state index is 11.9. The van der Waals surface area contributed by atoms with Crippen LogP contribution in [0.3, 0.4) is 0 Å². The minimum Gasteiger partial charge on any atom is -0.363 e. The summed E-state index contributed by atoms with van der Waals surface area (Å²) in [7, 11) is -1.99. The largest absolute Gasteiger partial charge is 0.363 e. The first-order valence-electron chi connectivity index (χ1n) is 4.42. The van der Waals surface area contributed by atoms with E-state index in [1.807, 2.05) is 0 Å². The maximum Gasteiger partial charge on any atom is 0.266 e. The van der Waals surface area contributed by atoms with E-state index in [4.69, 9.17) is 0 Å². The number of sulfonamides is 1. The van der Waals surface area contributed by atoms with Gasteiger partial charge in [0.15, 0.2) is 5.82 Å². The van der Waals surface area contributed by atoms with E-state index < -0.39 is 10.0 Å². The maximum atomic E-state index is 11.9. The molecule has 7 nitrogen and oxygen atoms in total.